The van der Waals surface area contributed by atoms with E-state index in [1.54, 1.807) is 6.08 Å². The Balaban J connectivity index is 1.65. The van der Waals surface area contributed by atoms with Gasteiger partial charge >= 0.3 is 0 Å². The highest BCUT2D eigenvalue weighted by atomic mass is 16.7. The van der Waals surface area contributed by atoms with Crippen molar-refractivity contribution in [3.05, 3.63) is 36.5 Å². The lowest BCUT2D eigenvalue weighted by Crippen LogP contribution is -2.65. The minimum atomic E-state index is -1.79. The first-order chi connectivity index (χ1) is 44.6. The summed E-state index contributed by atoms with van der Waals surface area (Å²) in [5, 5.41) is 87.6. The van der Waals surface area contributed by atoms with Crippen LogP contribution in [0.2, 0.25) is 0 Å². The minimum Gasteiger partial charge on any atom is -0.394 e. The summed E-state index contributed by atoms with van der Waals surface area (Å²) in [6.45, 7) is 2.84. The Morgan fingerprint density at radius 1 is 0.385 bits per heavy atom. The van der Waals surface area contributed by atoms with Crippen LogP contribution in [0.25, 0.3) is 0 Å². The second-order valence-electron chi connectivity index (χ2n) is 27.5. The fourth-order valence-corrected chi connectivity index (χ4v) is 12.9. The standard InChI is InChI=1S/C77H145NO13/c1-3-5-7-9-11-13-15-17-19-21-23-25-27-29-31-32-33-35-36-38-40-42-44-46-48-50-52-54-56-58-60-66(81)65(64-88-76-74(87)72(85)75(68(63-80)90-76)91-77-73(86)71(84)70(83)67(62-79)89-77)78-69(82)61-59-57-55-53-51-49-47-45-43-41-39-37-34-30-28-26-24-22-20-18-16-14-12-10-8-6-4-2/h22,24,50,52,58,60,65-68,70-77,79-81,83-87H,3-21,23,25-49,51,53-57,59,61-64H2,1-2H3,(H,78,82)/b24-22-,52-50+,60-58+. The van der Waals surface area contributed by atoms with Gasteiger partial charge in [0.05, 0.1) is 32.0 Å². The van der Waals surface area contributed by atoms with E-state index < -0.39 is 86.8 Å². The van der Waals surface area contributed by atoms with Crippen LogP contribution >= 0.6 is 0 Å². The first-order valence-corrected chi connectivity index (χ1v) is 38.7. The lowest BCUT2D eigenvalue weighted by molar-refractivity contribution is -0.359. The van der Waals surface area contributed by atoms with Crippen LogP contribution in [0.3, 0.4) is 0 Å². The molecule has 0 saturated carbocycles. The molecule has 0 bridgehead atoms. The average molecular weight is 1290 g/mol. The molecule has 2 saturated heterocycles. The van der Waals surface area contributed by atoms with Gasteiger partial charge in [0.25, 0.3) is 0 Å². The van der Waals surface area contributed by atoms with E-state index in [9.17, 15) is 45.6 Å². The average Bonchev–Trinajstić information content (AvgIpc) is 1.07. The van der Waals surface area contributed by atoms with E-state index in [1.165, 1.54) is 289 Å². The van der Waals surface area contributed by atoms with Crippen LogP contribution in [0.15, 0.2) is 36.5 Å². The molecule has 2 fully saturated rings. The molecule has 2 aliphatic heterocycles. The molecule has 0 aromatic carbocycles. The summed E-state index contributed by atoms with van der Waals surface area (Å²) in [4.78, 5) is 13.4. The van der Waals surface area contributed by atoms with Crippen molar-refractivity contribution in [1.29, 1.82) is 0 Å². The second kappa shape index (κ2) is 61.8. The summed E-state index contributed by atoms with van der Waals surface area (Å²) in [5.41, 5.74) is 0. The zero-order valence-corrected chi connectivity index (χ0v) is 58.6. The maximum atomic E-state index is 13.4. The monoisotopic (exact) mass is 1290 g/mol. The molecule has 2 rings (SSSR count). The third kappa shape index (κ3) is 45.4. The number of rotatable bonds is 65. The number of aliphatic hydroxyl groups is 8. The van der Waals surface area contributed by atoms with Crippen LogP contribution in [0.4, 0.5) is 0 Å². The number of amides is 1. The van der Waals surface area contributed by atoms with Gasteiger partial charge in [-0.05, 0) is 57.8 Å². The number of carbonyl (C=O) groups is 1. The predicted octanol–water partition coefficient (Wildman–Crippen LogP) is 16.9. The molecule has 0 aromatic rings. The lowest BCUT2D eigenvalue weighted by Gasteiger charge is -2.46. The number of hydrogen-bond acceptors (Lipinski definition) is 13. The van der Waals surface area contributed by atoms with Crippen molar-refractivity contribution in [3.8, 4) is 0 Å². The number of allylic oxidation sites excluding steroid dienone is 5. The maximum absolute atomic E-state index is 13.4. The highest BCUT2D eigenvalue weighted by Crippen LogP contribution is 2.30. The van der Waals surface area contributed by atoms with Gasteiger partial charge in [0.15, 0.2) is 12.6 Å². The quantitative estimate of drug-likeness (QED) is 0.0204. The van der Waals surface area contributed by atoms with Crippen molar-refractivity contribution in [2.24, 2.45) is 0 Å². The summed E-state index contributed by atoms with van der Waals surface area (Å²) in [5.74, 6) is -0.243. The van der Waals surface area contributed by atoms with Crippen LogP contribution < -0.4 is 5.32 Å². The van der Waals surface area contributed by atoms with E-state index in [1.807, 2.05) is 6.08 Å². The first-order valence-electron chi connectivity index (χ1n) is 38.7. The molecule has 14 nitrogen and oxygen atoms in total. The van der Waals surface area contributed by atoms with E-state index in [4.69, 9.17) is 18.9 Å². The van der Waals surface area contributed by atoms with E-state index in [0.717, 1.165) is 32.1 Å². The lowest BCUT2D eigenvalue weighted by atomic mass is 9.97. The van der Waals surface area contributed by atoms with Crippen LogP contribution in [0.5, 0.6) is 0 Å². The fourth-order valence-electron chi connectivity index (χ4n) is 12.9. The fraction of sp³-hybridized carbons (Fsp3) is 0.909. The van der Waals surface area contributed by atoms with Crippen molar-refractivity contribution in [2.45, 2.75) is 428 Å². The molecule has 12 unspecified atom stereocenters. The first kappa shape index (κ1) is 85.3. The number of ether oxygens (including phenoxy) is 4. The van der Waals surface area contributed by atoms with E-state index in [-0.39, 0.29) is 18.9 Å². The van der Waals surface area contributed by atoms with E-state index in [2.05, 4.69) is 43.5 Å². The van der Waals surface area contributed by atoms with Gasteiger partial charge in [-0.15, -0.1) is 0 Å². The van der Waals surface area contributed by atoms with Crippen LogP contribution in [0, 0.1) is 0 Å². The molecule has 0 aliphatic carbocycles. The molecular weight excluding hydrogens is 1150 g/mol. The molecule has 9 N–H and O–H groups in total. The molecule has 0 radical (unpaired) electrons. The highest BCUT2D eigenvalue weighted by molar-refractivity contribution is 5.76. The normalized spacial score (nSPS) is 22.9. The molecule has 91 heavy (non-hydrogen) atoms. The Morgan fingerprint density at radius 3 is 1.08 bits per heavy atom. The summed E-state index contributed by atoms with van der Waals surface area (Å²) >= 11 is 0. The number of unbranched alkanes of at least 4 members (excludes halogenated alkanes) is 48. The van der Waals surface area contributed by atoms with Crippen LogP contribution in [-0.2, 0) is 23.7 Å². The molecule has 1 amide bonds. The van der Waals surface area contributed by atoms with Crippen molar-refractivity contribution >= 4 is 5.91 Å². The van der Waals surface area contributed by atoms with Gasteiger partial charge in [0.2, 0.25) is 5.91 Å². The zero-order chi connectivity index (χ0) is 65.9. The van der Waals surface area contributed by atoms with Crippen LogP contribution in [0.1, 0.15) is 354 Å². The summed E-state index contributed by atoms with van der Waals surface area (Å²) < 4.78 is 22.9. The van der Waals surface area contributed by atoms with Gasteiger partial charge < -0.3 is 65.1 Å². The number of carbonyl (C=O) groups excluding carboxylic acids is 1. The molecule has 2 aliphatic rings. The van der Waals surface area contributed by atoms with Gasteiger partial charge in [-0.1, -0.05) is 326 Å². The summed E-state index contributed by atoms with van der Waals surface area (Å²) in [7, 11) is 0. The Bertz CT molecular complexity index is 1670. The minimum absolute atomic E-state index is 0.243. The van der Waals surface area contributed by atoms with Crippen molar-refractivity contribution in [1.82, 2.24) is 5.32 Å². The molecule has 0 spiro atoms. The van der Waals surface area contributed by atoms with Gasteiger partial charge in [0, 0.05) is 6.42 Å². The maximum Gasteiger partial charge on any atom is 0.220 e. The SMILES string of the molecule is CCCCCCCCCC/C=C\CCCCCCCCCCCCCCCCCC(=O)NC(COC1OC(CO)C(OC2OC(CO)C(O)C(O)C2O)C(O)C1O)C(O)/C=C/CC/C=C/CCCCCCCCCCCCCCCCCCCCCCCCCC. The van der Waals surface area contributed by atoms with Crippen molar-refractivity contribution in [3.63, 3.8) is 0 Å². The largest absolute Gasteiger partial charge is 0.394 e. The molecular formula is C77H145NO13. The molecule has 536 valence electrons. The Morgan fingerprint density at radius 2 is 0.703 bits per heavy atom. The summed E-state index contributed by atoms with van der Waals surface area (Å²) in [6, 6.07) is -0.932. The van der Waals surface area contributed by atoms with E-state index in [0.29, 0.717) is 12.8 Å². The molecule has 14 heteroatoms. The van der Waals surface area contributed by atoms with Gasteiger partial charge in [0.1, 0.15) is 48.8 Å². The van der Waals surface area contributed by atoms with Gasteiger partial charge in [-0.25, -0.2) is 0 Å². The predicted molar refractivity (Wildman–Crippen MR) is 374 cm³/mol. The van der Waals surface area contributed by atoms with Crippen molar-refractivity contribution < 1.29 is 64.6 Å². The summed E-state index contributed by atoms with van der Waals surface area (Å²) in [6.07, 6.45) is 63.7. The third-order valence-electron chi connectivity index (χ3n) is 19.0. The smallest absolute Gasteiger partial charge is 0.220 e. The second-order valence-corrected chi connectivity index (χ2v) is 27.5. The molecule has 0 aromatic heterocycles. The van der Waals surface area contributed by atoms with Gasteiger partial charge in [-0.2, -0.15) is 0 Å². The zero-order valence-electron chi connectivity index (χ0n) is 58.6. The van der Waals surface area contributed by atoms with E-state index >= 15 is 0 Å². The molecule has 2 heterocycles. The number of nitrogens with one attached hydrogen (secondary N) is 1. The number of hydrogen-bond donors (Lipinski definition) is 9. The topological polar surface area (TPSA) is 228 Å². The third-order valence-corrected chi connectivity index (χ3v) is 19.0. The van der Waals surface area contributed by atoms with Crippen molar-refractivity contribution in [2.75, 3.05) is 19.8 Å². The highest BCUT2D eigenvalue weighted by Gasteiger charge is 2.51. The molecule has 12 atom stereocenters. The van der Waals surface area contributed by atoms with Gasteiger partial charge in [-0.3, -0.25) is 4.79 Å². The Labute approximate surface area is 557 Å². The Kier molecular flexibility index (Phi) is 57.9. The number of aliphatic hydroxyl groups excluding tert-OH is 8. The Hall–Kier alpha value is -1.79. The van der Waals surface area contributed by atoms with Crippen LogP contribution in [-0.4, -0.2) is 140 Å².